The summed E-state index contributed by atoms with van der Waals surface area (Å²) in [5.41, 5.74) is 7.09. The zero-order valence-corrected chi connectivity index (χ0v) is 17.4. The lowest BCUT2D eigenvalue weighted by atomic mass is 9.76. The molecule has 1 heterocycles. The van der Waals surface area contributed by atoms with Crippen LogP contribution in [0.3, 0.4) is 0 Å². The second-order valence-electron chi connectivity index (χ2n) is 7.35. The zero-order valence-electron chi connectivity index (χ0n) is 16.6. The third kappa shape index (κ3) is 4.26. The highest BCUT2D eigenvalue weighted by Gasteiger charge is 2.28. The fraction of sp³-hybridized carbons (Fsp3) is 0.250. The molecule has 2 aromatic carbocycles. The van der Waals surface area contributed by atoms with Gasteiger partial charge in [0.1, 0.15) is 0 Å². The van der Waals surface area contributed by atoms with Crippen LogP contribution in [0.1, 0.15) is 46.4 Å². The highest BCUT2D eigenvalue weighted by atomic mass is 35.5. The quantitative estimate of drug-likeness (QED) is 0.314. The molecule has 28 heavy (non-hydrogen) atoms. The molecule has 0 aliphatic rings. The minimum Gasteiger partial charge on any atom is -0.411 e. The summed E-state index contributed by atoms with van der Waals surface area (Å²) in [7, 11) is 0. The second kappa shape index (κ2) is 8.57. The van der Waals surface area contributed by atoms with Gasteiger partial charge in [-0.05, 0) is 61.7 Å². The zero-order chi connectivity index (χ0) is 20.3. The molecular weight excluding hydrogens is 368 g/mol. The first-order valence-electron chi connectivity index (χ1n) is 9.38. The van der Waals surface area contributed by atoms with E-state index < -0.39 is 0 Å². The molecule has 4 heteroatoms. The summed E-state index contributed by atoms with van der Waals surface area (Å²) in [6.07, 6.45) is 1.75. The van der Waals surface area contributed by atoms with Crippen molar-refractivity contribution in [3.63, 3.8) is 0 Å². The van der Waals surface area contributed by atoms with Gasteiger partial charge in [0, 0.05) is 34.3 Å². The lowest BCUT2D eigenvalue weighted by molar-refractivity contribution is 0.315. The highest BCUT2D eigenvalue weighted by Crippen LogP contribution is 2.37. The molecule has 144 valence electrons. The fourth-order valence-corrected chi connectivity index (χ4v) is 4.00. The number of aryl methyl sites for hydroxylation is 3. The predicted molar refractivity (Wildman–Crippen MR) is 116 cm³/mol. The third-order valence-electron chi connectivity index (χ3n) is 5.23. The molecule has 1 unspecified atom stereocenters. The summed E-state index contributed by atoms with van der Waals surface area (Å²) in [6, 6.07) is 18.4. The van der Waals surface area contributed by atoms with Crippen molar-refractivity contribution in [2.75, 3.05) is 0 Å². The van der Waals surface area contributed by atoms with Crippen LogP contribution < -0.4 is 0 Å². The SMILES string of the molecule is Cc1ccc([C@H](c2ccc(Cl)cc2C)C(C)/C(=N\O)c2ccnc(C)c2)cc1. The lowest BCUT2D eigenvalue weighted by Gasteiger charge is -2.27. The van der Waals surface area contributed by atoms with Crippen LogP contribution in [0, 0.1) is 26.7 Å². The molecule has 0 aliphatic carbocycles. The molecule has 0 amide bonds. The molecular formula is C24H25ClN2O. The van der Waals surface area contributed by atoms with E-state index >= 15 is 0 Å². The summed E-state index contributed by atoms with van der Waals surface area (Å²) >= 11 is 6.20. The molecule has 0 saturated heterocycles. The Hall–Kier alpha value is -2.65. The van der Waals surface area contributed by atoms with Gasteiger partial charge in [-0.1, -0.05) is 59.6 Å². The molecule has 3 rings (SSSR count). The van der Waals surface area contributed by atoms with E-state index in [9.17, 15) is 5.21 Å². The number of benzene rings is 2. The summed E-state index contributed by atoms with van der Waals surface area (Å²) in [5, 5.41) is 14.3. The van der Waals surface area contributed by atoms with E-state index in [4.69, 9.17) is 11.6 Å². The van der Waals surface area contributed by atoms with Crippen LogP contribution in [-0.4, -0.2) is 15.9 Å². The molecule has 3 aromatic rings. The Balaban J connectivity index is 2.13. The van der Waals surface area contributed by atoms with Crippen molar-refractivity contribution in [1.82, 2.24) is 4.98 Å². The van der Waals surface area contributed by atoms with E-state index in [0.29, 0.717) is 5.71 Å². The van der Waals surface area contributed by atoms with Crippen molar-refractivity contribution in [3.8, 4) is 0 Å². The van der Waals surface area contributed by atoms with Gasteiger partial charge in [-0.25, -0.2) is 0 Å². The monoisotopic (exact) mass is 392 g/mol. The van der Waals surface area contributed by atoms with Crippen molar-refractivity contribution in [2.24, 2.45) is 11.1 Å². The molecule has 1 N–H and O–H groups in total. The average molecular weight is 393 g/mol. The van der Waals surface area contributed by atoms with Gasteiger partial charge in [0.2, 0.25) is 0 Å². The summed E-state index contributed by atoms with van der Waals surface area (Å²) < 4.78 is 0. The van der Waals surface area contributed by atoms with Crippen LogP contribution >= 0.6 is 11.6 Å². The maximum absolute atomic E-state index is 9.89. The van der Waals surface area contributed by atoms with Crippen LogP contribution in [0.4, 0.5) is 0 Å². The van der Waals surface area contributed by atoms with Gasteiger partial charge >= 0.3 is 0 Å². The maximum atomic E-state index is 9.89. The number of oxime groups is 1. The Bertz CT molecular complexity index is 996. The number of hydrogen-bond donors (Lipinski definition) is 1. The molecule has 0 spiro atoms. The van der Waals surface area contributed by atoms with Crippen LogP contribution in [0.2, 0.25) is 5.02 Å². The molecule has 3 nitrogen and oxygen atoms in total. The maximum Gasteiger partial charge on any atom is 0.0906 e. The average Bonchev–Trinajstić information content (AvgIpc) is 2.66. The summed E-state index contributed by atoms with van der Waals surface area (Å²) in [6.45, 7) is 8.19. The molecule has 0 radical (unpaired) electrons. The van der Waals surface area contributed by atoms with Crippen molar-refractivity contribution in [2.45, 2.75) is 33.6 Å². The van der Waals surface area contributed by atoms with Gasteiger partial charge in [-0.3, -0.25) is 4.98 Å². The topological polar surface area (TPSA) is 45.5 Å². The van der Waals surface area contributed by atoms with Crippen LogP contribution in [0.5, 0.6) is 0 Å². The first-order chi connectivity index (χ1) is 13.4. The van der Waals surface area contributed by atoms with Crippen molar-refractivity contribution in [3.05, 3.63) is 99.3 Å². The van der Waals surface area contributed by atoms with E-state index in [1.54, 1.807) is 6.20 Å². The molecule has 0 saturated carbocycles. The number of halogens is 1. The third-order valence-corrected chi connectivity index (χ3v) is 5.47. The Labute approximate surface area is 171 Å². The Kier molecular flexibility index (Phi) is 6.15. The fourth-order valence-electron chi connectivity index (χ4n) is 3.77. The minimum atomic E-state index is -0.0608. The molecule has 1 aromatic heterocycles. The standard InChI is InChI=1S/C24H25ClN2O/c1-15-5-7-19(8-6-15)23(22-10-9-21(25)13-16(22)2)18(4)24(27-28)20-11-12-26-17(3)14-20/h5-14,18,23,28H,1-4H3/b27-24+/t18?,23-/m1/s1. The summed E-state index contributed by atoms with van der Waals surface area (Å²) in [4.78, 5) is 4.26. The van der Waals surface area contributed by atoms with Gasteiger partial charge < -0.3 is 5.21 Å². The summed E-state index contributed by atoms with van der Waals surface area (Å²) in [5.74, 6) is -0.0355. The predicted octanol–water partition coefficient (Wildman–Crippen LogP) is 6.31. The number of nitrogens with zero attached hydrogens (tertiary/aromatic N) is 2. The van der Waals surface area contributed by atoms with E-state index in [0.717, 1.165) is 21.8 Å². The van der Waals surface area contributed by atoms with E-state index in [2.05, 4.69) is 61.2 Å². The van der Waals surface area contributed by atoms with Crippen molar-refractivity contribution in [1.29, 1.82) is 0 Å². The van der Waals surface area contributed by atoms with Gasteiger partial charge in [0.25, 0.3) is 0 Å². The number of aromatic nitrogens is 1. The van der Waals surface area contributed by atoms with Crippen LogP contribution in [-0.2, 0) is 0 Å². The number of hydrogen-bond acceptors (Lipinski definition) is 3. The molecule has 0 aliphatic heterocycles. The van der Waals surface area contributed by atoms with Gasteiger partial charge in [0.05, 0.1) is 5.71 Å². The first-order valence-corrected chi connectivity index (χ1v) is 9.76. The van der Waals surface area contributed by atoms with Crippen molar-refractivity contribution < 1.29 is 5.21 Å². The minimum absolute atomic E-state index is 0.0252. The van der Waals surface area contributed by atoms with Crippen molar-refractivity contribution >= 4 is 17.3 Å². The molecule has 2 atom stereocenters. The lowest BCUT2D eigenvalue weighted by Crippen LogP contribution is -2.23. The van der Waals surface area contributed by atoms with E-state index in [-0.39, 0.29) is 11.8 Å². The molecule has 0 fully saturated rings. The van der Waals surface area contributed by atoms with Gasteiger partial charge in [-0.15, -0.1) is 0 Å². The van der Waals surface area contributed by atoms with Crippen LogP contribution in [0.25, 0.3) is 0 Å². The Morgan fingerprint density at radius 3 is 2.32 bits per heavy atom. The van der Waals surface area contributed by atoms with Gasteiger partial charge in [-0.2, -0.15) is 0 Å². The number of pyridine rings is 1. The largest absolute Gasteiger partial charge is 0.411 e. The van der Waals surface area contributed by atoms with Crippen LogP contribution in [0.15, 0.2) is 65.9 Å². The molecule has 0 bridgehead atoms. The van der Waals surface area contributed by atoms with E-state index in [1.807, 2.05) is 31.2 Å². The highest BCUT2D eigenvalue weighted by molar-refractivity contribution is 6.30. The smallest absolute Gasteiger partial charge is 0.0906 e. The Morgan fingerprint density at radius 2 is 1.71 bits per heavy atom. The van der Waals surface area contributed by atoms with E-state index in [1.165, 1.54) is 16.7 Å². The number of rotatable bonds is 5. The first kappa shape index (κ1) is 20.1. The second-order valence-corrected chi connectivity index (χ2v) is 7.79. The van der Waals surface area contributed by atoms with Gasteiger partial charge in [0.15, 0.2) is 0 Å². The normalized spacial score (nSPS) is 14.0. The Morgan fingerprint density at radius 1 is 1.00 bits per heavy atom.